The molecule has 10 heteroatoms. The Kier molecular flexibility index (Phi) is 9.23. The molecule has 0 spiro atoms. The predicted molar refractivity (Wildman–Crippen MR) is 154 cm³/mol. The number of H-pyrrole nitrogens is 1. The number of benzene rings is 2. The summed E-state index contributed by atoms with van der Waals surface area (Å²) in [5.74, 6) is 1.09. The molecule has 0 radical (unpaired) electrons. The molecule has 0 bridgehead atoms. The summed E-state index contributed by atoms with van der Waals surface area (Å²) in [6, 6.07) is 15.1. The number of aromatic amines is 1. The van der Waals surface area contributed by atoms with Gasteiger partial charge in [-0.15, -0.1) is 0 Å². The van der Waals surface area contributed by atoms with E-state index < -0.39 is 0 Å². The average Bonchev–Trinajstić information content (AvgIpc) is 3.52. The molecular weight excluding hydrogens is 480 g/mol. The van der Waals surface area contributed by atoms with Crippen molar-refractivity contribution >= 4 is 28.5 Å². The third-order valence-electron chi connectivity index (χ3n) is 6.18. The first-order valence-electron chi connectivity index (χ1n) is 12.8. The van der Waals surface area contributed by atoms with E-state index in [2.05, 4.69) is 40.4 Å². The van der Waals surface area contributed by atoms with Crippen molar-refractivity contribution in [2.45, 2.75) is 12.8 Å². The van der Waals surface area contributed by atoms with Crippen LogP contribution in [0.2, 0.25) is 0 Å². The van der Waals surface area contributed by atoms with Crippen LogP contribution in [0.5, 0.6) is 5.75 Å². The second-order valence-electron chi connectivity index (χ2n) is 9.40. The van der Waals surface area contributed by atoms with E-state index in [-0.39, 0.29) is 5.56 Å². The van der Waals surface area contributed by atoms with Crippen LogP contribution in [-0.2, 0) is 0 Å². The Labute approximate surface area is 223 Å². The molecule has 10 nitrogen and oxygen atoms in total. The normalized spacial score (nSPS) is 12.8. The molecule has 4 aromatic rings. The van der Waals surface area contributed by atoms with Crippen molar-refractivity contribution in [3.63, 3.8) is 0 Å². The van der Waals surface area contributed by atoms with Crippen molar-refractivity contribution in [3.8, 4) is 17.0 Å². The lowest BCUT2D eigenvalue weighted by Gasteiger charge is -2.24. The van der Waals surface area contributed by atoms with E-state index in [0.29, 0.717) is 22.8 Å². The highest BCUT2D eigenvalue weighted by Gasteiger charge is 2.12. The van der Waals surface area contributed by atoms with E-state index in [1.54, 1.807) is 13.3 Å². The fourth-order valence-corrected chi connectivity index (χ4v) is 4.03. The van der Waals surface area contributed by atoms with E-state index >= 15 is 0 Å². The second kappa shape index (κ2) is 13.0. The Balaban J connectivity index is 0.000000603. The molecule has 38 heavy (non-hydrogen) atoms. The van der Waals surface area contributed by atoms with Gasteiger partial charge in [0.05, 0.1) is 19.0 Å². The molecule has 2 aromatic carbocycles. The molecule has 3 N–H and O–H groups in total. The van der Waals surface area contributed by atoms with Gasteiger partial charge in [0.15, 0.2) is 5.65 Å². The number of hydrogen-bond acceptors (Lipinski definition) is 9. The van der Waals surface area contributed by atoms with Crippen molar-refractivity contribution in [1.82, 2.24) is 30.2 Å². The number of rotatable bonds is 8. The zero-order valence-corrected chi connectivity index (χ0v) is 22.5. The molecule has 1 fully saturated rings. The maximum Gasteiger partial charge on any atom is 0.276 e. The Morgan fingerprint density at radius 3 is 2.42 bits per heavy atom. The highest BCUT2D eigenvalue weighted by molar-refractivity contribution is 5.75. The van der Waals surface area contributed by atoms with Crippen LogP contribution in [0, 0.1) is 0 Å². The molecule has 0 saturated carbocycles. The van der Waals surface area contributed by atoms with Crippen LogP contribution in [0.3, 0.4) is 0 Å². The average molecular weight is 517 g/mol. The van der Waals surface area contributed by atoms with E-state index in [1.807, 2.05) is 69.7 Å². The topological polar surface area (TPSA) is 111 Å². The predicted octanol–water partition coefficient (Wildman–Crippen LogP) is 3.50. The van der Waals surface area contributed by atoms with E-state index in [0.717, 1.165) is 35.8 Å². The first kappa shape index (κ1) is 27.0. The van der Waals surface area contributed by atoms with Crippen molar-refractivity contribution in [2.24, 2.45) is 0 Å². The van der Waals surface area contributed by atoms with Gasteiger partial charge in [-0.1, -0.05) is 30.3 Å². The molecule has 1 aliphatic heterocycles. The molecule has 3 heterocycles. The number of hydrogen-bond donors (Lipinski definition) is 3. The number of nitrogens with zero attached hydrogens (tertiary/aromatic N) is 5. The second-order valence-corrected chi connectivity index (χ2v) is 9.40. The standard InChI is InChI=1S/C24H27N7O2.C4H9N/c1-30(2)12-13-31(3)19-11-10-17(14-20(19)33-4)26-24-25-15-18-22(29-24)28-23(32)21(27-18)16-8-6-5-7-9-16;1-2-4-5-3-1/h5-11,14-15H,12-13H2,1-4H3,(H2,25,26,28,29,32);5H,1-4H2. The maximum atomic E-state index is 12.6. The molecule has 200 valence electrons. The lowest BCUT2D eigenvalue weighted by molar-refractivity contribution is 0.406. The zero-order valence-electron chi connectivity index (χ0n) is 22.5. The molecule has 1 aliphatic rings. The number of fused-ring (bicyclic) bond motifs is 1. The fraction of sp³-hybridized carbons (Fsp3) is 0.357. The smallest absolute Gasteiger partial charge is 0.276 e. The van der Waals surface area contributed by atoms with Crippen LogP contribution in [0.25, 0.3) is 22.4 Å². The molecule has 0 atom stereocenters. The van der Waals surface area contributed by atoms with Gasteiger partial charge >= 0.3 is 0 Å². The van der Waals surface area contributed by atoms with Gasteiger partial charge in [-0.3, -0.25) is 4.79 Å². The summed E-state index contributed by atoms with van der Waals surface area (Å²) in [5, 5.41) is 6.40. The third-order valence-corrected chi connectivity index (χ3v) is 6.18. The summed E-state index contributed by atoms with van der Waals surface area (Å²) in [7, 11) is 7.78. The van der Waals surface area contributed by atoms with E-state index in [4.69, 9.17) is 4.74 Å². The minimum absolute atomic E-state index is 0.301. The molecule has 2 aromatic heterocycles. The van der Waals surface area contributed by atoms with Gasteiger partial charge in [-0.25, -0.2) is 9.97 Å². The van der Waals surface area contributed by atoms with Crippen LogP contribution in [-0.4, -0.2) is 79.3 Å². The summed E-state index contributed by atoms with van der Waals surface area (Å²) in [5.41, 5.74) is 3.42. The molecule has 0 unspecified atom stereocenters. The van der Waals surface area contributed by atoms with E-state index in [1.165, 1.54) is 25.9 Å². The van der Waals surface area contributed by atoms with Gasteiger partial charge in [-0.2, -0.15) is 4.98 Å². The number of methoxy groups -OCH3 is 1. The lowest BCUT2D eigenvalue weighted by atomic mass is 10.1. The number of nitrogens with one attached hydrogen (secondary N) is 3. The molecule has 5 rings (SSSR count). The Hall–Kier alpha value is -4.02. The first-order chi connectivity index (χ1) is 18.4. The van der Waals surface area contributed by atoms with Gasteiger partial charge in [-0.05, 0) is 52.2 Å². The molecule has 0 aliphatic carbocycles. The quantitative estimate of drug-likeness (QED) is 0.324. The lowest BCUT2D eigenvalue weighted by Crippen LogP contribution is -2.28. The van der Waals surface area contributed by atoms with Crippen molar-refractivity contribution < 1.29 is 4.74 Å². The Morgan fingerprint density at radius 1 is 1.00 bits per heavy atom. The van der Waals surface area contributed by atoms with Gasteiger partial charge in [0.25, 0.3) is 5.56 Å². The third kappa shape index (κ3) is 7.05. The van der Waals surface area contributed by atoms with Gasteiger partial charge in [0, 0.05) is 37.5 Å². The van der Waals surface area contributed by atoms with E-state index in [9.17, 15) is 4.79 Å². The van der Waals surface area contributed by atoms with Gasteiger partial charge in [0.1, 0.15) is 17.0 Å². The SMILES string of the molecule is C1CCNC1.COc1cc(Nc2ncc3nc(-c4ccccc4)c(=O)[nH]c3n2)ccc1N(C)CCN(C)C. The minimum atomic E-state index is -0.301. The fourth-order valence-electron chi connectivity index (χ4n) is 4.03. The van der Waals surface area contributed by atoms with Crippen LogP contribution in [0.1, 0.15) is 12.8 Å². The number of ether oxygens (including phenoxy) is 1. The van der Waals surface area contributed by atoms with Crippen LogP contribution < -0.4 is 25.8 Å². The van der Waals surface area contributed by atoms with Crippen molar-refractivity contribution in [2.75, 3.05) is 64.6 Å². The zero-order chi connectivity index (χ0) is 26.9. The largest absolute Gasteiger partial charge is 0.495 e. The maximum absolute atomic E-state index is 12.6. The van der Waals surface area contributed by atoms with Crippen molar-refractivity contribution in [3.05, 3.63) is 65.1 Å². The number of anilines is 3. The van der Waals surface area contributed by atoms with Crippen LogP contribution in [0.4, 0.5) is 17.3 Å². The molecule has 0 amide bonds. The summed E-state index contributed by atoms with van der Waals surface area (Å²) in [4.78, 5) is 32.9. The molecule has 1 saturated heterocycles. The number of aromatic nitrogens is 4. The van der Waals surface area contributed by atoms with Crippen LogP contribution in [0.15, 0.2) is 59.5 Å². The summed E-state index contributed by atoms with van der Waals surface area (Å²) < 4.78 is 5.60. The molecular formula is C28H36N8O2. The van der Waals surface area contributed by atoms with Gasteiger partial charge < -0.3 is 30.2 Å². The van der Waals surface area contributed by atoms with Crippen LogP contribution >= 0.6 is 0 Å². The first-order valence-corrected chi connectivity index (χ1v) is 12.8. The minimum Gasteiger partial charge on any atom is -0.495 e. The highest BCUT2D eigenvalue weighted by atomic mass is 16.5. The highest BCUT2D eigenvalue weighted by Crippen LogP contribution is 2.31. The monoisotopic (exact) mass is 516 g/mol. The number of likely N-dealkylation sites (N-methyl/N-ethyl adjacent to an activating group) is 2. The van der Waals surface area contributed by atoms with Gasteiger partial charge in [0.2, 0.25) is 5.95 Å². The summed E-state index contributed by atoms with van der Waals surface area (Å²) >= 11 is 0. The summed E-state index contributed by atoms with van der Waals surface area (Å²) in [6.07, 6.45) is 4.37. The summed E-state index contributed by atoms with van der Waals surface area (Å²) in [6.45, 7) is 4.30. The Morgan fingerprint density at radius 2 is 1.76 bits per heavy atom. The van der Waals surface area contributed by atoms with Crippen molar-refractivity contribution in [1.29, 1.82) is 0 Å². The Bertz CT molecular complexity index is 1380.